The molecule has 0 aliphatic heterocycles. The molecule has 300 valence electrons. The van der Waals surface area contributed by atoms with Gasteiger partial charge in [0.25, 0.3) is 0 Å². The van der Waals surface area contributed by atoms with Gasteiger partial charge in [-0.1, -0.05) is 12.8 Å². The van der Waals surface area contributed by atoms with Crippen molar-refractivity contribution in [1.82, 2.24) is 16.0 Å². The molecule has 0 aliphatic rings. The number of aliphatic hydroxyl groups is 1. The summed E-state index contributed by atoms with van der Waals surface area (Å²) in [6.45, 7) is 2.11. The lowest BCUT2D eigenvalue weighted by Crippen LogP contribution is -2.48. The summed E-state index contributed by atoms with van der Waals surface area (Å²) in [5.74, 6) is -6.36. The summed E-state index contributed by atoms with van der Waals surface area (Å²) in [5.41, 5.74) is 28.2. The van der Waals surface area contributed by atoms with Crippen LogP contribution in [0.2, 0.25) is 0 Å². The third-order valence-corrected chi connectivity index (χ3v) is 9.34. The predicted molar refractivity (Wildman–Crippen MR) is 203 cm³/mol. The molecular formula is C35H66N8O8S. The van der Waals surface area contributed by atoms with Gasteiger partial charge >= 0.3 is 0 Å². The van der Waals surface area contributed by atoms with Crippen molar-refractivity contribution in [2.75, 3.05) is 38.5 Å². The molecule has 16 nitrogen and oxygen atoms in total. The molecule has 0 fully saturated rings. The smallest absolute Gasteiger partial charge is 0.226 e. The van der Waals surface area contributed by atoms with Crippen LogP contribution < -0.4 is 44.6 Å². The Kier molecular flexibility index (Phi) is 27.8. The summed E-state index contributed by atoms with van der Waals surface area (Å²) in [6.07, 6.45) is 4.98. The Labute approximate surface area is 314 Å². The SMILES string of the molecule is CC(=O)N[C@@H](CS)C(=O)C[C@@H](CO)C(=O)N[C@@H](CCCCN)C(=O)C[C@@H](CCCCN)C(=O)N[C@@H](CCCCN)C(=O)C[C@@H](CCCCN)C(N)=O. The maximum absolute atomic E-state index is 13.8. The molecule has 6 atom stereocenters. The van der Waals surface area contributed by atoms with Crippen molar-refractivity contribution in [3.8, 4) is 0 Å². The molecule has 14 N–H and O–H groups in total. The van der Waals surface area contributed by atoms with E-state index in [1.807, 2.05) is 0 Å². The van der Waals surface area contributed by atoms with Crippen molar-refractivity contribution in [3.05, 3.63) is 0 Å². The molecule has 0 radical (unpaired) electrons. The van der Waals surface area contributed by atoms with Gasteiger partial charge < -0.3 is 49.7 Å². The molecule has 0 aromatic rings. The third-order valence-electron chi connectivity index (χ3n) is 8.97. The zero-order valence-electron chi connectivity index (χ0n) is 31.0. The van der Waals surface area contributed by atoms with E-state index in [4.69, 9.17) is 28.7 Å². The van der Waals surface area contributed by atoms with E-state index < -0.39 is 84.1 Å². The first-order chi connectivity index (χ1) is 24.8. The predicted octanol–water partition coefficient (Wildman–Crippen LogP) is -0.890. The lowest BCUT2D eigenvalue weighted by atomic mass is 9.89. The van der Waals surface area contributed by atoms with Crippen molar-refractivity contribution in [1.29, 1.82) is 0 Å². The largest absolute Gasteiger partial charge is 0.396 e. The van der Waals surface area contributed by atoms with E-state index in [1.54, 1.807) is 0 Å². The first-order valence-electron chi connectivity index (χ1n) is 18.6. The molecule has 4 amide bonds. The van der Waals surface area contributed by atoms with Crippen molar-refractivity contribution < 1.29 is 38.7 Å². The number of ketones is 3. The fraction of sp³-hybridized carbons (Fsp3) is 0.800. The number of thiol groups is 1. The van der Waals surface area contributed by atoms with Crippen LogP contribution in [0.3, 0.4) is 0 Å². The molecule has 0 rings (SSSR count). The minimum atomic E-state index is -1.20. The van der Waals surface area contributed by atoms with Crippen LogP contribution in [0.1, 0.15) is 103 Å². The fourth-order valence-corrected chi connectivity index (χ4v) is 6.10. The van der Waals surface area contributed by atoms with Crippen LogP contribution in [0.4, 0.5) is 0 Å². The van der Waals surface area contributed by atoms with Crippen LogP contribution in [-0.4, -0.2) is 103 Å². The number of nitrogens with two attached hydrogens (primary N) is 5. The van der Waals surface area contributed by atoms with Crippen LogP contribution >= 0.6 is 12.6 Å². The maximum Gasteiger partial charge on any atom is 0.226 e. The summed E-state index contributed by atoms with van der Waals surface area (Å²) < 4.78 is 0. The highest BCUT2D eigenvalue weighted by atomic mass is 32.1. The molecule has 0 saturated heterocycles. The topological polar surface area (TPSA) is 306 Å². The first-order valence-corrected chi connectivity index (χ1v) is 19.2. The minimum Gasteiger partial charge on any atom is -0.396 e. The van der Waals surface area contributed by atoms with Gasteiger partial charge in [0.2, 0.25) is 23.6 Å². The van der Waals surface area contributed by atoms with Gasteiger partial charge in [-0.2, -0.15) is 12.6 Å². The van der Waals surface area contributed by atoms with Gasteiger partial charge in [-0.25, -0.2) is 0 Å². The highest BCUT2D eigenvalue weighted by Crippen LogP contribution is 2.20. The second-order valence-electron chi connectivity index (χ2n) is 13.4. The monoisotopic (exact) mass is 758 g/mol. The number of unbranched alkanes of at least 4 members (excludes halogenated alkanes) is 4. The fourth-order valence-electron chi connectivity index (χ4n) is 5.80. The lowest BCUT2D eigenvalue weighted by Gasteiger charge is -2.26. The van der Waals surface area contributed by atoms with Crippen LogP contribution in [0.15, 0.2) is 0 Å². The molecule has 0 unspecified atom stereocenters. The van der Waals surface area contributed by atoms with E-state index in [0.29, 0.717) is 84.0 Å². The number of Topliss-reactive ketones (excluding diaryl/α,β-unsaturated/α-hetero) is 3. The number of nitrogens with one attached hydrogen (secondary N) is 3. The Morgan fingerprint density at radius 2 is 0.904 bits per heavy atom. The Morgan fingerprint density at radius 3 is 1.29 bits per heavy atom. The van der Waals surface area contributed by atoms with Crippen molar-refractivity contribution in [2.45, 2.75) is 121 Å². The molecule has 0 heterocycles. The number of hydrogen-bond donors (Lipinski definition) is 10. The molecule has 0 aliphatic carbocycles. The first kappa shape index (κ1) is 49.0. The number of carbonyl (C=O) groups is 7. The number of amides is 4. The van der Waals surface area contributed by atoms with Gasteiger partial charge in [-0.05, 0) is 90.4 Å². The number of primary amides is 1. The Morgan fingerprint density at radius 1 is 0.538 bits per heavy atom. The maximum atomic E-state index is 13.8. The summed E-state index contributed by atoms with van der Waals surface area (Å²) in [7, 11) is 0. The van der Waals surface area contributed by atoms with Crippen LogP contribution in [0, 0.1) is 17.8 Å². The van der Waals surface area contributed by atoms with E-state index in [2.05, 4.69) is 28.6 Å². The quantitative estimate of drug-likeness (QED) is 0.0288. The van der Waals surface area contributed by atoms with Gasteiger partial charge in [0, 0.05) is 43.8 Å². The molecule has 0 aromatic heterocycles. The third kappa shape index (κ3) is 20.9. The van der Waals surface area contributed by atoms with E-state index in [9.17, 15) is 38.7 Å². The van der Waals surface area contributed by atoms with Gasteiger partial charge in [0.1, 0.15) is 0 Å². The highest BCUT2D eigenvalue weighted by molar-refractivity contribution is 7.80. The molecule has 0 saturated carbocycles. The van der Waals surface area contributed by atoms with E-state index in [1.165, 1.54) is 6.92 Å². The molecule has 0 bridgehead atoms. The second-order valence-corrected chi connectivity index (χ2v) is 13.7. The van der Waals surface area contributed by atoms with E-state index in [0.717, 1.165) is 0 Å². The van der Waals surface area contributed by atoms with Gasteiger partial charge in [0.15, 0.2) is 17.3 Å². The number of hydrogen-bond acceptors (Lipinski definition) is 13. The van der Waals surface area contributed by atoms with Crippen LogP contribution in [0.5, 0.6) is 0 Å². The molecular weight excluding hydrogens is 692 g/mol. The number of carbonyl (C=O) groups excluding carboxylic acids is 7. The summed E-state index contributed by atoms with van der Waals surface area (Å²) in [5, 5.41) is 17.9. The van der Waals surface area contributed by atoms with Crippen molar-refractivity contribution in [3.63, 3.8) is 0 Å². The van der Waals surface area contributed by atoms with Crippen molar-refractivity contribution in [2.24, 2.45) is 46.4 Å². The highest BCUT2D eigenvalue weighted by Gasteiger charge is 2.33. The van der Waals surface area contributed by atoms with Gasteiger partial charge in [0.05, 0.1) is 30.7 Å². The average molecular weight is 759 g/mol. The minimum absolute atomic E-state index is 0.00796. The summed E-state index contributed by atoms with van der Waals surface area (Å²) in [6, 6.07) is -2.93. The Hall–Kier alpha value is -2.96. The second kappa shape index (κ2) is 29.5. The van der Waals surface area contributed by atoms with Crippen LogP contribution in [-0.2, 0) is 33.6 Å². The van der Waals surface area contributed by atoms with Crippen molar-refractivity contribution >= 4 is 53.6 Å². The normalized spacial score (nSPS) is 14.7. The van der Waals surface area contributed by atoms with Gasteiger partial charge in [-0.3, -0.25) is 33.6 Å². The molecule has 17 heteroatoms. The zero-order chi connectivity index (χ0) is 39.5. The van der Waals surface area contributed by atoms with Crippen LogP contribution in [0.25, 0.3) is 0 Å². The zero-order valence-corrected chi connectivity index (χ0v) is 31.8. The Balaban J connectivity index is 6.12. The summed E-state index contributed by atoms with van der Waals surface area (Å²) in [4.78, 5) is 90.8. The molecule has 0 aromatic carbocycles. The lowest BCUT2D eigenvalue weighted by molar-refractivity contribution is -0.136. The molecule has 0 spiro atoms. The van der Waals surface area contributed by atoms with Gasteiger partial charge in [-0.15, -0.1) is 0 Å². The Bertz CT molecular complexity index is 1110. The average Bonchev–Trinajstić information content (AvgIpc) is 3.10. The number of rotatable bonds is 33. The molecule has 52 heavy (non-hydrogen) atoms. The van der Waals surface area contributed by atoms with E-state index in [-0.39, 0.29) is 43.6 Å². The standard InChI is InChI=1S/C35H66N8O8S/c1-23(45)41-29(22-52)32(48)20-26(21-44)35(51)43-28(13-5-9-17-39)31(47)19-25(11-3-7-15-37)34(50)42-27(12-4-8-16-38)30(46)18-24(33(40)49)10-2-6-14-36/h24-29,44,52H,2-22,36-39H2,1H3,(H2,40,49)(H,41,45)(H,42,50)(H,43,51)/t24-,25-,26+,27+,28+,29+/m1/s1. The summed E-state index contributed by atoms with van der Waals surface area (Å²) >= 11 is 4.09. The van der Waals surface area contributed by atoms with E-state index >= 15 is 0 Å². The number of aliphatic hydroxyl groups excluding tert-OH is 1.